The van der Waals surface area contributed by atoms with Crippen molar-refractivity contribution in [2.24, 2.45) is 0 Å². The van der Waals surface area contributed by atoms with Gasteiger partial charge in [0.05, 0.1) is 0 Å². The summed E-state index contributed by atoms with van der Waals surface area (Å²) in [5, 5.41) is 11.4. The number of nitrogens with one attached hydrogen (secondary N) is 1. The molecule has 0 aliphatic carbocycles. The Morgan fingerprint density at radius 1 is 1.56 bits per heavy atom. The zero-order chi connectivity index (χ0) is 13.5. The molecule has 0 aromatic carbocycles. The highest BCUT2D eigenvalue weighted by Gasteiger charge is 2.12. The molecule has 2 N–H and O–H groups in total. The second kappa shape index (κ2) is 6.54. The molecule has 1 unspecified atom stereocenters. The second-order valence-electron chi connectivity index (χ2n) is 3.90. The lowest BCUT2D eigenvalue weighted by Gasteiger charge is -2.11. The van der Waals surface area contributed by atoms with E-state index in [0.717, 1.165) is 12.5 Å². The standard InChI is InChI=1S/C13H16N2O3/c1-3-9(2)15-13(18)12-10(5-4-8-14-12)6-7-11(16)17/h4-9H,3H2,1-2H3,(H,15,18)(H,16,17)/b7-6+. The Kier molecular flexibility index (Phi) is 5.05. The minimum Gasteiger partial charge on any atom is -0.478 e. The van der Waals surface area contributed by atoms with Crippen molar-refractivity contribution in [3.8, 4) is 0 Å². The first-order valence-corrected chi connectivity index (χ1v) is 5.71. The van der Waals surface area contributed by atoms with E-state index in [1.165, 1.54) is 12.3 Å². The van der Waals surface area contributed by atoms with Crippen LogP contribution in [0.3, 0.4) is 0 Å². The number of aliphatic carboxylic acids is 1. The molecule has 0 bridgehead atoms. The molecule has 1 heterocycles. The maximum atomic E-state index is 11.9. The molecule has 1 aromatic heterocycles. The summed E-state index contributed by atoms with van der Waals surface area (Å²) in [4.78, 5) is 26.4. The number of amides is 1. The molecule has 0 aliphatic heterocycles. The van der Waals surface area contributed by atoms with Crippen LogP contribution in [0.15, 0.2) is 24.4 Å². The smallest absolute Gasteiger partial charge is 0.328 e. The third-order valence-electron chi connectivity index (χ3n) is 2.45. The first-order chi connectivity index (χ1) is 8.54. The predicted octanol–water partition coefficient (Wildman–Crippen LogP) is 1.71. The third-order valence-corrected chi connectivity index (χ3v) is 2.45. The van der Waals surface area contributed by atoms with Gasteiger partial charge in [0.15, 0.2) is 0 Å². The van der Waals surface area contributed by atoms with E-state index in [1.807, 2.05) is 13.8 Å². The highest BCUT2D eigenvalue weighted by Crippen LogP contribution is 2.08. The van der Waals surface area contributed by atoms with Crippen LogP contribution in [-0.4, -0.2) is 28.0 Å². The average molecular weight is 248 g/mol. The van der Waals surface area contributed by atoms with Gasteiger partial charge in [-0.05, 0) is 25.5 Å². The van der Waals surface area contributed by atoms with Gasteiger partial charge >= 0.3 is 5.97 Å². The monoisotopic (exact) mass is 248 g/mol. The summed E-state index contributed by atoms with van der Waals surface area (Å²) in [5.41, 5.74) is 0.719. The van der Waals surface area contributed by atoms with E-state index >= 15 is 0 Å². The number of aromatic nitrogens is 1. The van der Waals surface area contributed by atoms with E-state index in [-0.39, 0.29) is 17.6 Å². The van der Waals surface area contributed by atoms with Crippen LogP contribution in [0.1, 0.15) is 36.3 Å². The van der Waals surface area contributed by atoms with Crippen molar-refractivity contribution in [2.45, 2.75) is 26.3 Å². The Morgan fingerprint density at radius 2 is 2.28 bits per heavy atom. The van der Waals surface area contributed by atoms with Gasteiger partial charge in [0.25, 0.3) is 5.91 Å². The van der Waals surface area contributed by atoms with Crippen LogP contribution in [-0.2, 0) is 4.79 Å². The van der Waals surface area contributed by atoms with Crippen molar-refractivity contribution >= 4 is 18.0 Å². The quantitative estimate of drug-likeness (QED) is 0.777. The van der Waals surface area contributed by atoms with Crippen molar-refractivity contribution in [1.82, 2.24) is 10.3 Å². The van der Waals surface area contributed by atoms with Gasteiger partial charge in [0.1, 0.15) is 5.69 Å². The molecule has 1 amide bonds. The van der Waals surface area contributed by atoms with Crippen molar-refractivity contribution in [2.75, 3.05) is 0 Å². The maximum absolute atomic E-state index is 11.9. The number of pyridine rings is 1. The average Bonchev–Trinajstić information content (AvgIpc) is 2.36. The Hall–Kier alpha value is -2.17. The molecule has 5 heteroatoms. The van der Waals surface area contributed by atoms with Crippen molar-refractivity contribution in [1.29, 1.82) is 0 Å². The van der Waals surface area contributed by atoms with E-state index in [1.54, 1.807) is 12.1 Å². The summed E-state index contributed by atoms with van der Waals surface area (Å²) in [6.45, 7) is 3.86. The number of carbonyl (C=O) groups is 2. The zero-order valence-corrected chi connectivity index (χ0v) is 10.4. The van der Waals surface area contributed by atoms with E-state index in [4.69, 9.17) is 5.11 Å². The van der Waals surface area contributed by atoms with Gasteiger partial charge in [0.2, 0.25) is 0 Å². The van der Waals surface area contributed by atoms with E-state index in [2.05, 4.69) is 10.3 Å². The van der Waals surface area contributed by atoms with E-state index in [0.29, 0.717) is 5.56 Å². The predicted molar refractivity (Wildman–Crippen MR) is 68.1 cm³/mol. The number of carbonyl (C=O) groups excluding carboxylic acids is 1. The van der Waals surface area contributed by atoms with Crippen molar-refractivity contribution in [3.63, 3.8) is 0 Å². The highest BCUT2D eigenvalue weighted by molar-refractivity contribution is 5.97. The van der Waals surface area contributed by atoms with Gasteiger partial charge in [-0.3, -0.25) is 9.78 Å². The molecule has 1 atom stereocenters. The number of hydrogen-bond donors (Lipinski definition) is 2. The summed E-state index contributed by atoms with van der Waals surface area (Å²) in [6.07, 6.45) is 4.67. The van der Waals surface area contributed by atoms with Gasteiger partial charge in [-0.25, -0.2) is 4.79 Å². The maximum Gasteiger partial charge on any atom is 0.328 e. The molecule has 0 aliphatic rings. The van der Waals surface area contributed by atoms with Crippen LogP contribution in [0.4, 0.5) is 0 Å². The van der Waals surface area contributed by atoms with Gasteiger partial charge in [-0.15, -0.1) is 0 Å². The van der Waals surface area contributed by atoms with Crippen LogP contribution < -0.4 is 5.32 Å². The molecule has 1 rings (SSSR count). The van der Waals surface area contributed by atoms with Gasteiger partial charge in [0, 0.05) is 23.9 Å². The summed E-state index contributed by atoms with van der Waals surface area (Å²) in [5.74, 6) is -1.36. The minimum atomic E-state index is -1.06. The third kappa shape index (κ3) is 4.01. The van der Waals surface area contributed by atoms with Crippen LogP contribution >= 0.6 is 0 Å². The fraction of sp³-hybridized carbons (Fsp3) is 0.308. The van der Waals surface area contributed by atoms with Crippen LogP contribution in [0, 0.1) is 0 Å². The zero-order valence-electron chi connectivity index (χ0n) is 10.4. The first kappa shape index (κ1) is 13.9. The molecule has 0 fully saturated rings. The molecule has 96 valence electrons. The summed E-state index contributed by atoms with van der Waals surface area (Å²) < 4.78 is 0. The van der Waals surface area contributed by atoms with Gasteiger partial charge in [-0.2, -0.15) is 0 Å². The van der Waals surface area contributed by atoms with Gasteiger partial charge in [-0.1, -0.05) is 13.0 Å². The topological polar surface area (TPSA) is 79.3 Å². The molecule has 1 aromatic rings. The largest absolute Gasteiger partial charge is 0.478 e. The second-order valence-corrected chi connectivity index (χ2v) is 3.90. The SMILES string of the molecule is CCC(C)NC(=O)c1ncccc1/C=C/C(=O)O. The summed E-state index contributed by atoms with van der Waals surface area (Å²) in [6, 6.07) is 3.36. The van der Waals surface area contributed by atoms with E-state index in [9.17, 15) is 9.59 Å². The molecular formula is C13H16N2O3. The number of carboxylic acid groups (broad SMARTS) is 1. The number of carboxylic acids is 1. The van der Waals surface area contributed by atoms with Gasteiger partial charge < -0.3 is 10.4 Å². The Morgan fingerprint density at radius 3 is 2.89 bits per heavy atom. The molecule has 0 radical (unpaired) electrons. The Labute approximate surface area is 106 Å². The van der Waals surface area contributed by atoms with Crippen LogP contribution in [0.25, 0.3) is 6.08 Å². The summed E-state index contributed by atoms with van der Waals surface area (Å²) in [7, 11) is 0. The lowest BCUT2D eigenvalue weighted by molar-refractivity contribution is -0.131. The normalized spacial score (nSPS) is 12.3. The van der Waals surface area contributed by atoms with Crippen molar-refractivity contribution in [3.05, 3.63) is 35.7 Å². The lowest BCUT2D eigenvalue weighted by Crippen LogP contribution is -2.33. The number of hydrogen-bond acceptors (Lipinski definition) is 3. The molecule has 5 nitrogen and oxygen atoms in total. The molecule has 18 heavy (non-hydrogen) atoms. The fourth-order valence-electron chi connectivity index (χ4n) is 1.30. The molecular weight excluding hydrogens is 232 g/mol. The number of nitrogens with zero attached hydrogens (tertiary/aromatic N) is 1. The van der Waals surface area contributed by atoms with Crippen LogP contribution in [0.5, 0.6) is 0 Å². The van der Waals surface area contributed by atoms with E-state index < -0.39 is 5.97 Å². The Bertz CT molecular complexity index is 469. The summed E-state index contributed by atoms with van der Waals surface area (Å²) >= 11 is 0. The van der Waals surface area contributed by atoms with Crippen molar-refractivity contribution < 1.29 is 14.7 Å². The molecule has 0 saturated heterocycles. The highest BCUT2D eigenvalue weighted by atomic mass is 16.4. The lowest BCUT2D eigenvalue weighted by atomic mass is 10.1. The minimum absolute atomic E-state index is 0.0517. The fourth-order valence-corrected chi connectivity index (χ4v) is 1.30. The first-order valence-electron chi connectivity index (χ1n) is 5.71. The van der Waals surface area contributed by atoms with Crippen LogP contribution in [0.2, 0.25) is 0 Å². The molecule has 0 spiro atoms. The number of rotatable bonds is 5. The molecule has 0 saturated carbocycles. The Balaban J connectivity index is 2.94.